The van der Waals surface area contributed by atoms with Crippen molar-refractivity contribution in [3.05, 3.63) is 22.8 Å². The third kappa shape index (κ3) is 4.84. The van der Waals surface area contributed by atoms with Crippen LogP contribution in [-0.2, 0) is 4.74 Å². The molecule has 0 spiro atoms. The van der Waals surface area contributed by atoms with Crippen LogP contribution in [0.4, 0.5) is 5.82 Å². The molecule has 2 rings (SSSR count). The van der Waals surface area contributed by atoms with Crippen LogP contribution in [0.1, 0.15) is 17.3 Å². The lowest BCUT2D eigenvalue weighted by Gasteiger charge is -2.30. The molecule has 0 bridgehead atoms. The number of nitrogens with zero attached hydrogens (tertiary/aromatic N) is 2. The topological polar surface area (TPSA) is 66.5 Å². The van der Waals surface area contributed by atoms with Crippen LogP contribution in [0.25, 0.3) is 0 Å². The minimum atomic E-state index is -0.171. The Kier molecular flexibility index (Phi) is 5.78. The Hall–Kier alpha value is -1.37. The monoisotopic (exact) mass is 312 g/mol. The van der Waals surface area contributed by atoms with Crippen molar-refractivity contribution in [3.8, 4) is 0 Å². The summed E-state index contributed by atoms with van der Waals surface area (Å²) in [5.74, 6) is 0.430. The van der Waals surface area contributed by atoms with Crippen molar-refractivity contribution in [1.29, 1.82) is 0 Å². The van der Waals surface area contributed by atoms with Gasteiger partial charge in [0.15, 0.2) is 0 Å². The van der Waals surface area contributed by atoms with Crippen LogP contribution in [0.3, 0.4) is 0 Å². The smallest absolute Gasteiger partial charge is 0.251 e. The van der Waals surface area contributed by atoms with E-state index in [4.69, 9.17) is 16.3 Å². The summed E-state index contributed by atoms with van der Waals surface area (Å²) in [6.07, 6.45) is 0.0262. The maximum atomic E-state index is 12.2. The highest BCUT2D eigenvalue weighted by molar-refractivity contribution is 6.29. The number of carbonyl (C=O) groups is 1. The molecule has 1 amide bonds. The first-order valence-corrected chi connectivity index (χ1v) is 7.46. The van der Waals surface area contributed by atoms with Crippen LogP contribution in [0.5, 0.6) is 0 Å². The molecule has 1 aromatic rings. The molecule has 2 heterocycles. The third-order valence-corrected chi connectivity index (χ3v) is 3.44. The fourth-order valence-electron chi connectivity index (χ4n) is 2.20. The van der Waals surface area contributed by atoms with Gasteiger partial charge in [-0.15, -0.1) is 0 Å². The minimum Gasteiger partial charge on any atom is -0.374 e. The summed E-state index contributed by atoms with van der Waals surface area (Å²) in [6.45, 7) is 5.61. The molecule has 7 heteroatoms. The molecule has 0 aromatic carbocycles. The van der Waals surface area contributed by atoms with Gasteiger partial charge in [-0.25, -0.2) is 4.98 Å². The van der Waals surface area contributed by atoms with Crippen molar-refractivity contribution >= 4 is 23.3 Å². The number of nitrogens with one attached hydrogen (secondary N) is 2. The maximum absolute atomic E-state index is 12.2. The summed E-state index contributed by atoms with van der Waals surface area (Å²) in [4.78, 5) is 18.5. The number of likely N-dealkylation sites (N-methyl/N-ethyl adjacent to an activating group) is 1. The molecule has 116 valence electrons. The highest BCUT2D eigenvalue weighted by Gasteiger charge is 2.18. The molecule has 1 aliphatic heterocycles. The normalized spacial score (nSPS) is 19.3. The number of anilines is 1. The number of hydrogen-bond acceptors (Lipinski definition) is 5. The van der Waals surface area contributed by atoms with Gasteiger partial charge in [0.05, 0.1) is 12.7 Å². The number of aromatic nitrogens is 1. The van der Waals surface area contributed by atoms with Crippen LogP contribution in [0.15, 0.2) is 12.1 Å². The van der Waals surface area contributed by atoms with Gasteiger partial charge in [0, 0.05) is 31.7 Å². The highest BCUT2D eigenvalue weighted by atomic mass is 35.5. The number of rotatable bonds is 5. The second kappa shape index (κ2) is 7.59. The first kappa shape index (κ1) is 16.0. The van der Waals surface area contributed by atoms with Crippen LogP contribution >= 0.6 is 11.6 Å². The largest absolute Gasteiger partial charge is 0.374 e. The average Bonchev–Trinajstić information content (AvgIpc) is 2.44. The van der Waals surface area contributed by atoms with E-state index in [1.165, 1.54) is 0 Å². The van der Waals surface area contributed by atoms with E-state index in [-0.39, 0.29) is 12.0 Å². The van der Waals surface area contributed by atoms with E-state index in [9.17, 15) is 4.79 Å². The molecule has 0 aliphatic carbocycles. The quantitative estimate of drug-likeness (QED) is 0.801. The van der Waals surface area contributed by atoms with Crippen LogP contribution in [0.2, 0.25) is 5.15 Å². The summed E-state index contributed by atoms with van der Waals surface area (Å²) >= 11 is 5.94. The van der Waals surface area contributed by atoms with E-state index in [1.807, 2.05) is 14.0 Å². The van der Waals surface area contributed by atoms with E-state index >= 15 is 0 Å². The zero-order valence-corrected chi connectivity index (χ0v) is 13.1. The Morgan fingerprint density at radius 1 is 1.57 bits per heavy atom. The summed E-state index contributed by atoms with van der Waals surface area (Å²) in [6, 6.07) is 3.25. The van der Waals surface area contributed by atoms with Gasteiger partial charge in [0.25, 0.3) is 5.91 Å². The van der Waals surface area contributed by atoms with E-state index in [1.54, 1.807) is 12.1 Å². The lowest BCUT2D eigenvalue weighted by Crippen LogP contribution is -2.45. The number of halogens is 1. The molecule has 2 N–H and O–H groups in total. The highest BCUT2D eigenvalue weighted by Crippen LogP contribution is 2.14. The van der Waals surface area contributed by atoms with E-state index in [0.29, 0.717) is 29.7 Å². The van der Waals surface area contributed by atoms with Crippen molar-refractivity contribution in [2.45, 2.75) is 13.0 Å². The molecular formula is C14H21ClN4O2. The molecule has 1 aliphatic rings. The van der Waals surface area contributed by atoms with Crippen molar-refractivity contribution in [2.24, 2.45) is 0 Å². The van der Waals surface area contributed by atoms with E-state index < -0.39 is 0 Å². The van der Waals surface area contributed by atoms with Gasteiger partial charge in [-0.2, -0.15) is 0 Å². The van der Waals surface area contributed by atoms with Gasteiger partial charge in [-0.1, -0.05) is 11.6 Å². The van der Waals surface area contributed by atoms with Crippen molar-refractivity contribution < 1.29 is 9.53 Å². The van der Waals surface area contributed by atoms with Gasteiger partial charge in [0.1, 0.15) is 11.0 Å². The standard InChI is InChI=1S/C14H21ClN4O2/c1-3-16-13-7-10(6-12(15)18-13)14(20)17-8-11-9-19(2)4-5-21-11/h6-7,11H,3-5,8-9H2,1-2H3,(H,16,18)(H,17,20). The second-order valence-corrected chi connectivity index (χ2v) is 5.45. The minimum absolute atomic E-state index is 0.0262. The molecule has 0 saturated carbocycles. The number of morpholine rings is 1. The van der Waals surface area contributed by atoms with Gasteiger partial charge >= 0.3 is 0 Å². The molecule has 21 heavy (non-hydrogen) atoms. The van der Waals surface area contributed by atoms with Crippen molar-refractivity contribution in [3.63, 3.8) is 0 Å². The van der Waals surface area contributed by atoms with Crippen LogP contribution in [0, 0.1) is 0 Å². The Labute approximate surface area is 129 Å². The van der Waals surface area contributed by atoms with E-state index in [2.05, 4.69) is 20.5 Å². The van der Waals surface area contributed by atoms with Gasteiger partial charge in [-0.3, -0.25) is 4.79 Å². The fourth-order valence-corrected chi connectivity index (χ4v) is 2.41. The Morgan fingerprint density at radius 3 is 3.10 bits per heavy atom. The fraction of sp³-hybridized carbons (Fsp3) is 0.571. The summed E-state index contributed by atoms with van der Waals surface area (Å²) in [5, 5.41) is 6.23. The summed E-state index contributed by atoms with van der Waals surface area (Å²) < 4.78 is 5.61. The summed E-state index contributed by atoms with van der Waals surface area (Å²) in [7, 11) is 2.04. The zero-order valence-electron chi connectivity index (χ0n) is 12.4. The maximum Gasteiger partial charge on any atom is 0.251 e. The number of hydrogen-bond donors (Lipinski definition) is 2. The zero-order chi connectivity index (χ0) is 15.2. The first-order valence-electron chi connectivity index (χ1n) is 7.08. The average molecular weight is 313 g/mol. The molecule has 1 aromatic heterocycles. The number of carbonyl (C=O) groups excluding carboxylic acids is 1. The number of ether oxygens (including phenoxy) is 1. The first-order chi connectivity index (χ1) is 10.1. The van der Waals surface area contributed by atoms with Crippen LogP contribution in [-0.4, -0.2) is 61.7 Å². The molecule has 6 nitrogen and oxygen atoms in total. The molecule has 1 fully saturated rings. The predicted octanol–water partition coefficient (Wildman–Crippen LogP) is 1.23. The Bertz CT molecular complexity index is 498. The number of pyridine rings is 1. The second-order valence-electron chi connectivity index (χ2n) is 5.06. The van der Waals surface area contributed by atoms with Crippen LogP contribution < -0.4 is 10.6 Å². The Morgan fingerprint density at radius 2 is 2.38 bits per heavy atom. The summed E-state index contributed by atoms with van der Waals surface area (Å²) in [5.41, 5.74) is 0.495. The third-order valence-electron chi connectivity index (χ3n) is 3.25. The molecule has 1 saturated heterocycles. The van der Waals surface area contributed by atoms with Crippen molar-refractivity contribution in [1.82, 2.24) is 15.2 Å². The molecule has 0 radical (unpaired) electrons. The Balaban J connectivity index is 1.93. The lowest BCUT2D eigenvalue weighted by molar-refractivity contribution is -0.0175. The molecule has 1 atom stereocenters. The van der Waals surface area contributed by atoms with Crippen molar-refractivity contribution in [2.75, 3.05) is 45.2 Å². The van der Waals surface area contributed by atoms with Gasteiger partial charge in [0.2, 0.25) is 0 Å². The number of amides is 1. The molecular weight excluding hydrogens is 292 g/mol. The van der Waals surface area contributed by atoms with E-state index in [0.717, 1.165) is 19.6 Å². The van der Waals surface area contributed by atoms with Gasteiger partial charge in [-0.05, 0) is 26.1 Å². The van der Waals surface area contributed by atoms with Gasteiger partial charge < -0.3 is 20.3 Å². The predicted molar refractivity (Wildman–Crippen MR) is 83.0 cm³/mol. The SMILES string of the molecule is CCNc1cc(C(=O)NCC2CN(C)CCO2)cc(Cl)n1. The molecule has 1 unspecified atom stereocenters. The lowest BCUT2D eigenvalue weighted by atomic mass is 10.2.